The lowest BCUT2D eigenvalue weighted by Gasteiger charge is -1.83. The topological polar surface area (TPSA) is 0 Å². The van der Waals surface area contributed by atoms with Crippen molar-refractivity contribution in [1.29, 1.82) is 0 Å². The molecule has 1 aliphatic carbocycles. The first kappa shape index (κ1) is 8.06. The Labute approximate surface area is 68.6 Å². The molecule has 0 heterocycles. The second-order valence-corrected chi connectivity index (χ2v) is 2.38. The van der Waals surface area contributed by atoms with E-state index in [2.05, 4.69) is 55.0 Å². The van der Waals surface area contributed by atoms with Crippen molar-refractivity contribution >= 4 is 0 Å². The van der Waals surface area contributed by atoms with Gasteiger partial charge in [-0.3, -0.25) is 0 Å². The zero-order valence-electron chi connectivity index (χ0n) is 6.61. The predicted octanol–water partition coefficient (Wildman–Crippen LogP) is 3.21. The minimum absolute atomic E-state index is 1.03. The largest absolute Gasteiger partial charge is 0.0844 e. The van der Waals surface area contributed by atoms with Crippen molar-refractivity contribution in [1.82, 2.24) is 0 Å². The Balaban J connectivity index is 2.47. The molecule has 0 N–H and O–H groups in total. The lowest BCUT2D eigenvalue weighted by atomic mass is 10.2. The highest BCUT2D eigenvalue weighted by molar-refractivity contribution is 5.14. The van der Waals surface area contributed by atoms with Crippen LogP contribution in [0.3, 0.4) is 0 Å². The van der Waals surface area contributed by atoms with Crippen molar-refractivity contribution in [2.75, 3.05) is 0 Å². The van der Waals surface area contributed by atoms with Gasteiger partial charge in [0.25, 0.3) is 0 Å². The van der Waals surface area contributed by atoms with Crippen LogP contribution in [0.15, 0.2) is 48.6 Å². The first-order valence-electron chi connectivity index (χ1n) is 3.97. The van der Waals surface area contributed by atoms with Gasteiger partial charge in [0, 0.05) is 0 Å². The normalized spacial score (nSPS) is 18.2. The molecular formula is C11H13. The lowest BCUT2D eigenvalue weighted by molar-refractivity contribution is 1.27. The maximum absolute atomic E-state index is 2.16. The van der Waals surface area contributed by atoms with Gasteiger partial charge < -0.3 is 0 Å². The van der Waals surface area contributed by atoms with E-state index in [-0.39, 0.29) is 0 Å². The Morgan fingerprint density at radius 1 is 0.545 bits per heavy atom. The van der Waals surface area contributed by atoms with Gasteiger partial charge in [-0.2, -0.15) is 0 Å². The highest BCUT2D eigenvalue weighted by Crippen LogP contribution is 1.96. The van der Waals surface area contributed by atoms with Crippen LogP contribution in [0.4, 0.5) is 0 Å². The third kappa shape index (κ3) is 4.38. The van der Waals surface area contributed by atoms with Crippen molar-refractivity contribution in [3.8, 4) is 0 Å². The van der Waals surface area contributed by atoms with Gasteiger partial charge in [0.15, 0.2) is 0 Å². The van der Waals surface area contributed by atoms with Crippen LogP contribution in [0, 0.1) is 6.42 Å². The second kappa shape index (κ2) is 5.72. The summed E-state index contributed by atoms with van der Waals surface area (Å²) in [6.07, 6.45) is 21.0. The van der Waals surface area contributed by atoms with Crippen molar-refractivity contribution < 1.29 is 0 Å². The lowest BCUT2D eigenvalue weighted by Crippen LogP contribution is -1.64. The Hall–Kier alpha value is -1.04. The minimum atomic E-state index is 1.03. The second-order valence-electron chi connectivity index (χ2n) is 2.38. The van der Waals surface area contributed by atoms with Gasteiger partial charge in [0.05, 0.1) is 0 Å². The molecule has 0 unspecified atom stereocenters. The minimum Gasteiger partial charge on any atom is -0.0844 e. The molecule has 0 aromatic carbocycles. The van der Waals surface area contributed by atoms with E-state index in [1.54, 1.807) is 0 Å². The van der Waals surface area contributed by atoms with Gasteiger partial charge in [0.1, 0.15) is 0 Å². The van der Waals surface area contributed by atoms with E-state index in [4.69, 9.17) is 0 Å². The molecule has 0 nitrogen and oxygen atoms in total. The molecule has 0 bridgehead atoms. The van der Waals surface area contributed by atoms with Crippen LogP contribution in [0.2, 0.25) is 0 Å². The fraction of sp³-hybridized carbons (Fsp3) is 0.182. The van der Waals surface area contributed by atoms with Crippen molar-refractivity contribution in [2.45, 2.75) is 12.8 Å². The van der Waals surface area contributed by atoms with Crippen molar-refractivity contribution in [3.63, 3.8) is 0 Å². The van der Waals surface area contributed by atoms with E-state index in [1.807, 2.05) is 0 Å². The molecule has 0 heteroatoms. The van der Waals surface area contributed by atoms with Gasteiger partial charge in [0.2, 0.25) is 0 Å². The Kier molecular flexibility index (Phi) is 4.19. The van der Waals surface area contributed by atoms with Gasteiger partial charge in [-0.15, -0.1) is 0 Å². The quantitative estimate of drug-likeness (QED) is 0.491. The smallest absolute Gasteiger partial charge is 0.0133 e. The maximum Gasteiger partial charge on any atom is -0.0133 e. The van der Waals surface area contributed by atoms with Crippen LogP contribution in [-0.2, 0) is 0 Å². The summed E-state index contributed by atoms with van der Waals surface area (Å²) < 4.78 is 0. The Morgan fingerprint density at radius 2 is 1.18 bits per heavy atom. The molecule has 1 rings (SSSR count). The van der Waals surface area contributed by atoms with Crippen LogP contribution in [0.5, 0.6) is 0 Å². The molecule has 0 saturated carbocycles. The molecule has 57 valence electrons. The average Bonchev–Trinajstić information content (AvgIpc) is 2.08. The summed E-state index contributed by atoms with van der Waals surface area (Å²) in [7, 11) is 0. The zero-order valence-corrected chi connectivity index (χ0v) is 6.61. The van der Waals surface area contributed by atoms with Crippen molar-refractivity contribution in [2.24, 2.45) is 0 Å². The summed E-state index contributed by atoms with van der Waals surface area (Å²) in [5, 5.41) is 0. The summed E-state index contributed by atoms with van der Waals surface area (Å²) in [4.78, 5) is 0. The molecule has 0 atom stereocenters. The zero-order chi connectivity index (χ0) is 7.78. The predicted molar refractivity (Wildman–Crippen MR) is 50.1 cm³/mol. The molecular weight excluding hydrogens is 132 g/mol. The van der Waals surface area contributed by atoms with Crippen LogP contribution >= 0.6 is 0 Å². The molecule has 0 saturated heterocycles. The van der Waals surface area contributed by atoms with Crippen LogP contribution in [-0.4, -0.2) is 0 Å². The number of allylic oxidation sites excluding steroid dienone is 8. The molecule has 0 spiro atoms. The Morgan fingerprint density at radius 3 is 2.00 bits per heavy atom. The van der Waals surface area contributed by atoms with E-state index < -0.39 is 0 Å². The summed E-state index contributed by atoms with van der Waals surface area (Å²) in [6, 6.07) is 0. The van der Waals surface area contributed by atoms with E-state index in [0.29, 0.717) is 0 Å². The fourth-order valence-corrected chi connectivity index (χ4v) is 0.853. The highest BCUT2D eigenvalue weighted by Gasteiger charge is 1.77. The van der Waals surface area contributed by atoms with Crippen molar-refractivity contribution in [3.05, 3.63) is 55.0 Å². The standard InChI is InChI=1S/C11H13/c1-2-4-6-8-10-11-9-7-5-3-1/h1-6,9-11H,7-8H2. The molecule has 1 radical (unpaired) electrons. The summed E-state index contributed by atoms with van der Waals surface area (Å²) in [6.45, 7) is 0. The van der Waals surface area contributed by atoms with E-state index in [9.17, 15) is 0 Å². The molecule has 0 aromatic rings. The SMILES string of the molecule is [CH]1C=CCC=CC=CC=CC1. The number of hydrogen-bond acceptors (Lipinski definition) is 0. The van der Waals surface area contributed by atoms with Gasteiger partial charge >= 0.3 is 0 Å². The van der Waals surface area contributed by atoms with E-state index >= 15 is 0 Å². The molecule has 1 aliphatic rings. The molecule has 0 aliphatic heterocycles. The molecule has 0 fully saturated rings. The number of rotatable bonds is 0. The average molecular weight is 145 g/mol. The fourth-order valence-electron chi connectivity index (χ4n) is 0.853. The van der Waals surface area contributed by atoms with Gasteiger partial charge in [-0.25, -0.2) is 0 Å². The highest BCUT2D eigenvalue weighted by atomic mass is 13.8. The molecule has 11 heavy (non-hydrogen) atoms. The van der Waals surface area contributed by atoms with Crippen LogP contribution in [0.25, 0.3) is 0 Å². The van der Waals surface area contributed by atoms with Gasteiger partial charge in [-0.1, -0.05) is 48.6 Å². The monoisotopic (exact) mass is 145 g/mol. The van der Waals surface area contributed by atoms with E-state index in [1.165, 1.54) is 0 Å². The molecule has 0 amide bonds. The summed E-state index contributed by atoms with van der Waals surface area (Å²) in [5.41, 5.74) is 0. The third-order valence-corrected chi connectivity index (χ3v) is 1.42. The van der Waals surface area contributed by atoms with Gasteiger partial charge in [-0.05, 0) is 19.3 Å². The first-order chi connectivity index (χ1) is 5.50. The van der Waals surface area contributed by atoms with Crippen LogP contribution < -0.4 is 0 Å². The Bertz CT molecular complexity index is 192. The first-order valence-corrected chi connectivity index (χ1v) is 3.97. The summed E-state index contributed by atoms with van der Waals surface area (Å²) in [5.74, 6) is 0. The third-order valence-electron chi connectivity index (χ3n) is 1.42. The number of hydrogen-bond donors (Lipinski definition) is 0. The van der Waals surface area contributed by atoms with E-state index in [0.717, 1.165) is 12.8 Å². The van der Waals surface area contributed by atoms with Crippen LogP contribution in [0.1, 0.15) is 12.8 Å². The summed E-state index contributed by atoms with van der Waals surface area (Å²) >= 11 is 0. The molecule has 0 aromatic heterocycles. The maximum atomic E-state index is 2.16.